The highest BCUT2D eigenvalue weighted by atomic mass is 16.3. The van der Waals surface area contributed by atoms with Gasteiger partial charge in [0.15, 0.2) is 0 Å². The maximum atomic E-state index is 10.4. The van der Waals surface area contributed by atoms with Gasteiger partial charge in [0.1, 0.15) is 6.10 Å². The van der Waals surface area contributed by atoms with Crippen LogP contribution in [0.15, 0.2) is 54.9 Å². The molecule has 2 aromatic heterocycles. The number of aliphatic hydroxyl groups excluding tert-OH is 1. The van der Waals surface area contributed by atoms with Crippen molar-refractivity contribution in [2.24, 2.45) is 0 Å². The largest absolute Gasteiger partial charge is 0.384 e. The highest BCUT2D eigenvalue weighted by molar-refractivity contribution is 5.78. The Morgan fingerprint density at radius 2 is 1.84 bits per heavy atom. The minimum Gasteiger partial charge on any atom is -0.384 e. The van der Waals surface area contributed by atoms with Gasteiger partial charge in [-0.3, -0.25) is 9.97 Å². The molecule has 0 aliphatic rings. The average Bonchev–Trinajstić information content (AvgIpc) is 2.46. The van der Waals surface area contributed by atoms with Crippen LogP contribution in [0.5, 0.6) is 0 Å². The summed E-state index contributed by atoms with van der Waals surface area (Å²) in [4.78, 5) is 8.51. The van der Waals surface area contributed by atoms with Crippen molar-refractivity contribution in [1.82, 2.24) is 9.97 Å². The SMILES string of the molecule is Cc1cc(C(O)c2cnc3ccccc3c2)ccn1. The molecule has 3 nitrogen and oxygen atoms in total. The normalized spacial score (nSPS) is 12.5. The molecule has 1 aromatic carbocycles. The van der Waals surface area contributed by atoms with Crippen molar-refractivity contribution < 1.29 is 5.11 Å². The van der Waals surface area contributed by atoms with Crippen LogP contribution in [0.3, 0.4) is 0 Å². The molecule has 0 saturated carbocycles. The van der Waals surface area contributed by atoms with Crippen molar-refractivity contribution in [2.45, 2.75) is 13.0 Å². The zero-order valence-electron chi connectivity index (χ0n) is 10.6. The topological polar surface area (TPSA) is 46.0 Å². The molecule has 94 valence electrons. The van der Waals surface area contributed by atoms with Gasteiger partial charge >= 0.3 is 0 Å². The summed E-state index contributed by atoms with van der Waals surface area (Å²) in [6, 6.07) is 13.6. The van der Waals surface area contributed by atoms with Crippen LogP contribution in [-0.2, 0) is 0 Å². The molecule has 0 fully saturated rings. The van der Waals surface area contributed by atoms with E-state index in [1.165, 1.54) is 0 Å². The second-order valence-electron chi connectivity index (χ2n) is 4.59. The van der Waals surface area contributed by atoms with Gasteiger partial charge in [0.05, 0.1) is 5.52 Å². The van der Waals surface area contributed by atoms with Gasteiger partial charge < -0.3 is 5.11 Å². The van der Waals surface area contributed by atoms with Crippen LogP contribution in [0.2, 0.25) is 0 Å². The number of aromatic nitrogens is 2. The number of para-hydroxylation sites is 1. The molecule has 19 heavy (non-hydrogen) atoms. The summed E-state index contributed by atoms with van der Waals surface area (Å²) in [5.41, 5.74) is 3.46. The first kappa shape index (κ1) is 11.8. The van der Waals surface area contributed by atoms with E-state index < -0.39 is 6.10 Å². The molecule has 1 atom stereocenters. The van der Waals surface area contributed by atoms with Gasteiger partial charge in [-0.25, -0.2) is 0 Å². The summed E-state index contributed by atoms with van der Waals surface area (Å²) in [5, 5.41) is 11.4. The maximum absolute atomic E-state index is 10.4. The van der Waals surface area contributed by atoms with Crippen molar-refractivity contribution in [1.29, 1.82) is 0 Å². The van der Waals surface area contributed by atoms with Crippen LogP contribution in [0.1, 0.15) is 22.9 Å². The number of benzene rings is 1. The minimum atomic E-state index is -0.668. The lowest BCUT2D eigenvalue weighted by atomic mass is 10.0. The highest BCUT2D eigenvalue weighted by Crippen LogP contribution is 2.24. The fourth-order valence-electron chi connectivity index (χ4n) is 2.17. The third-order valence-electron chi connectivity index (χ3n) is 3.16. The molecule has 0 spiro atoms. The van der Waals surface area contributed by atoms with E-state index in [9.17, 15) is 5.11 Å². The van der Waals surface area contributed by atoms with Crippen molar-refractivity contribution in [2.75, 3.05) is 0 Å². The quantitative estimate of drug-likeness (QED) is 0.760. The Balaban J connectivity index is 2.04. The number of aliphatic hydroxyl groups is 1. The summed E-state index contributed by atoms with van der Waals surface area (Å²) in [7, 11) is 0. The van der Waals surface area contributed by atoms with Crippen LogP contribution in [-0.4, -0.2) is 15.1 Å². The van der Waals surface area contributed by atoms with Gasteiger partial charge in [0, 0.05) is 29.0 Å². The van der Waals surface area contributed by atoms with Crippen LogP contribution >= 0.6 is 0 Å². The second-order valence-corrected chi connectivity index (χ2v) is 4.59. The van der Waals surface area contributed by atoms with E-state index in [-0.39, 0.29) is 0 Å². The highest BCUT2D eigenvalue weighted by Gasteiger charge is 2.11. The zero-order valence-corrected chi connectivity index (χ0v) is 10.6. The smallest absolute Gasteiger partial charge is 0.106 e. The predicted molar refractivity (Wildman–Crippen MR) is 74.8 cm³/mol. The zero-order chi connectivity index (χ0) is 13.2. The first-order valence-electron chi connectivity index (χ1n) is 6.19. The predicted octanol–water partition coefficient (Wildman–Crippen LogP) is 3.02. The average molecular weight is 250 g/mol. The number of hydrogen-bond donors (Lipinski definition) is 1. The molecule has 3 heteroatoms. The Morgan fingerprint density at radius 1 is 1.00 bits per heavy atom. The molecule has 0 saturated heterocycles. The first-order valence-corrected chi connectivity index (χ1v) is 6.19. The van der Waals surface area contributed by atoms with Crippen molar-refractivity contribution >= 4 is 10.9 Å². The fraction of sp³-hybridized carbons (Fsp3) is 0.125. The van der Waals surface area contributed by atoms with Crippen molar-refractivity contribution in [3.63, 3.8) is 0 Å². The van der Waals surface area contributed by atoms with E-state index in [1.807, 2.05) is 49.4 Å². The molecule has 3 rings (SSSR count). The maximum Gasteiger partial charge on any atom is 0.106 e. The standard InChI is InChI=1S/C16H14N2O/c1-11-8-13(6-7-17-11)16(19)14-9-12-4-2-3-5-15(12)18-10-14/h2-10,16,19H,1H3. The summed E-state index contributed by atoms with van der Waals surface area (Å²) in [6.07, 6.45) is 2.77. The Labute approximate surface area is 111 Å². The Morgan fingerprint density at radius 3 is 2.68 bits per heavy atom. The van der Waals surface area contributed by atoms with Gasteiger partial charge in [-0.05, 0) is 36.8 Å². The minimum absolute atomic E-state index is 0.668. The molecule has 3 aromatic rings. The number of hydrogen-bond acceptors (Lipinski definition) is 3. The summed E-state index contributed by atoms with van der Waals surface area (Å²) in [6.45, 7) is 1.91. The molecule has 2 heterocycles. The number of nitrogens with zero attached hydrogens (tertiary/aromatic N) is 2. The molecular formula is C16H14N2O. The van der Waals surface area contributed by atoms with E-state index in [4.69, 9.17) is 0 Å². The van der Waals surface area contributed by atoms with Crippen LogP contribution < -0.4 is 0 Å². The van der Waals surface area contributed by atoms with Crippen LogP contribution in [0.4, 0.5) is 0 Å². The fourth-order valence-corrected chi connectivity index (χ4v) is 2.17. The number of fused-ring (bicyclic) bond motifs is 1. The molecule has 0 amide bonds. The summed E-state index contributed by atoms with van der Waals surface area (Å²) < 4.78 is 0. The molecule has 0 aliphatic heterocycles. The van der Waals surface area contributed by atoms with E-state index in [2.05, 4.69) is 9.97 Å². The summed E-state index contributed by atoms with van der Waals surface area (Å²) >= 11 is 0. The lowest BCUT2D eigenvalue weighted by molar-refractivity contribution is 0.220. The van der Waals surface area contributed by atoms with E-state index in [1.54, 1.807) is 12.4 Å². The van der Waals surface area contributed by atoms with Crippen molar-refractivity contribution in [3.8, 4) is 0 Å². The number of aryl methyl sites for hydroxylation is 1. The third-order valence-corrected chi connectivity index (χ3v) is 3.16. The van der Waals surface area contributed by atoms with Gasteiger partial charge in [-0.2, -0.15) is 0 Å². The first-order chi connectivity index (χ1) is 9.24. The Hall–Kier alpha value is -2.26. The van der Waals surface area contributed by atoms with E-state index in [0.717, 1.165) is 27.7 Å². The lowest BCUT2D eigenvalue weighted by Crippen LogP contribution is -2.01. The molecule has 0 radical (unpaired) electrons. The van der Waals surface area contributed by atoms with Gasteiger partial charge in [0.2, 0.25) is 0 Å². The van der Waals surface area contributed by atoms with Gasteiger partial charge in [-0.15, -0.1) is 0 Å². The number of rotatable bonds is 2. The van der Waals surface area contributed by atoms with E-state index >= 15 is 0 Å². The molecule has 1 N–H and O–H groups in total. The Kier molecular flexibility index (Phi) is 2.97. The molecule has 1 unspecified atom stereocenters. The lowest BCUT2D eigenvalue weighted by Gasteiger charge is -2.12. The number of pyridine rings is 2. The third kappa shape index (κ3) is 2.33. The molecule has 0 bridgehead atoms. The van der Waals surface area contributed by atoms with Crippen LogP contribution in [0.25, 0.3) is 10.9 Å². The van der Waals surface area contributed by atoms with Gasteiger partial charge in [-0.1, -0.05) is 18.2 Å². The van der Waals surface area contributed by atoms with E-state index in [0.29, 0.717) is 0 Å². The van der Waals surface area contributed by atoms with Gasteiger partial charge in [0.25, 0.3) is 0 Å². The Bertz CT molecular complexity index is 725. The summed E-state index contributed by atoms with van der Waals surface area (Å²) in [5.74, 6) is 0. The molecular weight excluding hydrogens is 236 g/mol. The van der Waals surface area contributed by atoms with Crippen LogP contribution in [0, 0.1) is 6.92 Å². The monoisotopic (exact) mass is 250 g/mol. The molecule has 0 aliphatic carbocycles. The second kappa shape index (κ2) is 4.78. The van der Waals surface area contributed by atoms with Crippen molar-refractivity contribution in [3.05, 3.63) is 71.7 Å².